The van der Waals surface area contributed by atoms with Crippen molar-refractivity contribution in [1.29, 1.82) is 0 Å². The molecule has 0 fully saturated rings. The van der Waals surface area contributed by atoms with E-state index < -0.39 is 35.5 Å². The molecule has 3 rings (SSSR count). The van der Waals surface area contributed by atoms with E-state index in [4.69, 9.17) is 0 Å². The van der Waals surface area contributed by atoms with E-state index in [2.05, 4.69) is 9.72 Å². The van der Waals surface area contributed by atoms with Gasteiger partial charge in [0.25, 0.3) is 6.43 Å². The van der Waals surface area contributed by atoms with Gasteiger partial charge in [0, 0.05) is 10.6 Å². The number of ether oxygens (including phenoxy) is 1. The molecule has 33 heavy (non-hydrogen) atoms. The summed E-state index contributed by atoms with van der Waals surface area (Å²) in [5.41, 5.74) is -3.55. The van der Waals surface area contributed by atoms with E-state index in [1.165, 1.54) is 0 Å². The first-order valence-electron chi connectivity index (χ1n) is 10.1. The van der Waals surface area contributed by atoms with Crippen LogP contribution in [-0.2, 0) is 23.1 Å². The molecule has 0 bridgehead atoms. The molecule has 0 saturated carbocycles. The Morgan fingerprint density at radius 2 is 1.73 bits per heavy atom. The molecular formula is C24H22F5NO2S. The fourth-order valence-electron chi connectivity index (χ4n) is 3.62. The fraction of sp³-hybridized carbons (Fsp3) is 0.333. The van der Waals surface area contributed by atoms with Crippen molar-refractivity contribution in [3.05, 3.63) is 70.5 Å². The summed E-state index contributed by atoms with van der Waals surface area (Å²) in [5, 5.41) is 1.90. The molecule has 0 spiro atoms. The highest BCUT2D eigenvalue weighted by atomic mass is 32.2. The summed E-state index contributed by atoms with van der Waals surface area (Å²) in [6.45, 7) is 3.47. The van der Waals surface area contributed by atoms with Crippen LogP contribution in [0.5, 0.6) is 0 Å². The van der Waals surface area contributed by atoms with Crippen molar-refractivity contribution in [2.24, 2.45) is 5.92 Å². The van der Waals surface area contributed by atoms with Gasteiger partial charge in [0.05, 0.1) is 12.7 Å². The third kappa shape index (κ3) is 5.63. The predicted octanol–water partition coefficient (Wildman–Crippen LogP) is 7.47. The van der Waals surface area contributed by atoms with Gasteiger partial charge < -0.3 is 4.74 Å². The topological polar surface area (TPSA) is 39.2 Å². The minimum Gasteiger partial charge on any atom is -0.465 e. The van der Waals surface area contributed by atoms with Crippen LogP contribution in [0.25, 0.3) is 10.8 Å². The second kappa shape index (κ2) is 10.1. The largest absolute Gasteiger partial charge is 0.465 e. The third-order valence-corrected chi connectivity index (χ3v) is 6.04. The molecule has 0 radical (unpaired) electrons. The number of thioether (sulfide) groups is 1. The van der Waals surface area contributed by atoms with Crippen molar-refractivity contribution < 1.29 is 31.5 Å². The Morgan fingerprint density at radius 1 is 1.06 bits per heavy atom. The molecule has 176 valence electrons. The Hall–Kier alpha value is -2.68. The number of alkyl halides is 5. The zero-order valence-electron chi connectivity index (χ0n) is 18.2. The fourth-order valence-corrected chi connectivity index (χ4v) is 4.61. The molecule has 2 aromatic carbocycles. The van der Waals surface area contributed by atoms with Crippen LogP contribution < -0.4 is 0 Å². The average Bonchev–Trinajstić information content (AvgIpc) is 2.75. The first-order chi connectivity index (χ1) is 15.5. The van der Waals surface area contributed by atoms with Crippen molar-refractivity contribution in [2.75, 3.05) is 7.11 Å². The van der Waals surface area contributed by atoms with Crippen LogP contribution >= 0.6 is 11.8 Å². The Kier molecular flexibility index (Phi) is 7.62. The maximum absolute atomic E-state index is 13.9. The second-order valence-corrected chi connectivity index (χ2v) is 8.91. The summed E-state index contributed by atoms with van der Waals surface area (Å²) < 4.78 is 73.8. The van der Waals surface area contributed by atoms with Gasteiger partial charge in [-0.05, 0) is 46.4 Å². The van der Waals surface area contributed by atoms with Gasteiger partial charge in [-0.15, -0.1) is 11.8 Å². The maximum Gasteiger partial charge on any atom is 0.433 e. The number of hydrogen-bond donors (Lipinski definition) is 0. The number of nitrogens with zero attached hydrogens (tertiary/aromatic N) is 1. The molecule has 0 amide bonds. The minimum atomic E-state index is -4.97. The lowest BCUT2D eigenvalue weighted by atomic mass is 9.91. The lowest BCUT2D eigenvalue weighted by molar-refractivity contribution is -0.142. The zero-order valence-corrected chi connectivity index (χ0v) is 19.0. The molecule has 1 aromatic heterocycles. The van der Waals surface area contributed by atoms with Gasteiger partial charge in [-0.1, -0.05) is 44.2 Å². The molecule has 9 heteroatoms. The standard InChI is InChI=1S/C24H22F5NO2S/c1-13(2)10-17-18(12-33-16-9-8-14-6-4-5-7-15(14)11-16)21(24(27,28)29)30-20(22(25)26)19(17)23(31)32-3/h4-9,11,13,22H,10,12H2,1-3H3. The number of fused-ring (bicyclic) bond motifs is 1. The van der Waals surface area contributed by atoms with E-state index in [0.717, 1.165) is 29.6 Å². The highest BCUT2D eigenvalue weighted by molar-refractivity contribution is 7.98. The predicted molar refractivity (Wildman–Crippen MR) is 118 cm³/mol. The monoisotopic (exact) mass is 483 g/mol. The smallest absolute Gasteiger partial charge is 0.433 e. The van der Waals surface area contributed by atoms with Crippen LogP contribution in [0, 0.1) is 5.92 Å². The number of pyridine rings is 1. The minimum absolute atomic E-state index is 0.0105. The number of methoxy groups -OCH3 is 1. The summed E-state index contributed by atoms with van der Waals surface area (Å²) in [6, 6.07) is 13.0. The molecule has 0 atom stereocenters. The van der Waals surface area contributed by atoms with Crippen molar-refractivity contribution >= 4 is 28.5 Å². The van der Waals surface area contributed by atoms with Gasteiger partial charge in [0.15, 0.2) is 0 Å². The van der Waals surface area contributed by atoms with Crippen molar-refractivity contribution in [3.63, 3.8) is 0 Å². The van der Waals surface area contributed by atoms with E-state index >= 15 is 0 Å². The number of hydrogen-bond acceptors (Lipinski definition) is 4. The number of aromatic nitrogens is 1. The van der Waals surface area contributed by atoms with Crippen LogP contribution in [0.1, 0.15) is 53.1 Å². The number of carbonyl (C=O) groups excluding carboxylic acids is 1. The molecule has 0 saturated heterocycles. The van der Waals surface area contributed by atoms with Crippen LogP contribution in [0.2, 0.25) is 0 Å². The number of carbonyl (C=O) groups is 1. The van der Waals surface area contributed by atoms with Crippen LogP contribution in [-0.4, -0.2) is 18.1 Å². The summed E-state index contributed by atoms with van der Waals surface area (Å²) >= 11 is 1.12. The van der Waals surface area contributed by atoms with E-state index in [-0.39, 0.29) is 29.2 Å². The molecule has 3 nitrogen and oxygen atoms in total. The highest BCUT2D eigenvalue weighted by Gasteiger charge is 2.40. The van der Waals surface area contributed by atoms with Crippen molar-refractivity contribution in [3.8, 4) is 0 Å². The summed E-state index contributed by atoms with van der Waals surface area (Å²) in [5.74, 6) is -1.53. The third-order valence-electron chi connectivity index (χ3n) is 5.02. The first kappa shape index (κ1) is 25.0. The molecule has 0 aliphatic carbocycles. The van der Waals surface area contributed by atoms with Gasteiger partial charge in [0.2, 0.25) is 0 Å². The Balaban J connectivity index is 2.17. The summed E-state index contributed by atoms with van der Waals surface area (Å²) in [4.78, 5) is 16.3. The van der Waals surface area contributed by atoms with E-state index in [9.17, 15) is 26.7 Å². The summed E-state index contributed by atoms with van der Waals surface area (Å²) in [6.07, 6.45) is -8.35. The van der Waals surface area contributed by atoms with E-state index in [1.807, 2.05) is 36.4 Å². The molecule has 3 aromatic rings. The average molecular weight is 484 g/mol. The normalized spacial score (nSPS) is 12.1. The molecule has 0 aliphatic rings. The van der Waals surface area contributed by atoms with Gasteiger partial charge >= 0.3 is 12.1 Å². The molecular weight excluding hydrogens is 461 g/mol. The maximum atomic E-state index is 13.9. The quantitative estimate of drug-likeness (QED) is 0.199. The molecule has 0 unspecified atom stereocenters. The Labute approximate surface area is 192 Å². The lowest BCUT2D eigenvalue weighted by Gasteiger charge is -2.22. The van der Waals surface area contributed by atoms with Crippen molar-refractivity contribution in [1.82, 2.24) is 4.98 Å². The SMILES string of the molecule is COC(=O)c1c(C(F)F)nc(C(F)(F)F)c(CSc2ccc3ccccc3c2)c1CC(C)C. The van der Waals surface area contributed by atoms with Crippen LogP contribution in [0.15, 0.2) is 47.4 Å². The number of benzene rings is 2. The van der Waals surface area contributed by atoms with Gasteiger partial charge in [-0.2, -0.15) is 13.2 Å². The van der Waals surface area contributed by atoms with Crippen LogP contribution in [0.3, 0.4) is 0 Å². The molecule has 1 heterocycles. The highest BCUT2D eigenvalue weighted by Crippen LogP contribution is 2.40. The number of halogens is 5. The number of rotatable bonds is 7. The van der Waals surface area contributed by atoms with Gasteiger partial charge in [-0.25, -0.2) is 18.6 Å². The van der Waals surface area contributed by atoms with Crippen LogP contribution in [0.4, 0.5) is 22.0 Å². The van der Waals surface area contributed by atoms with Crippen molar-refractivity contribution in [2.45, 2.75) is 43.5 Å². The Morgan fingerprint density at radius 3 is 2.30 bits per heavy atom. The first-order valence-corrected chi connectivity index (χ1v) is 11.1. The summed E-state index contributed by atoms with van der Waals surface area (Å²) in [7, 11) is 0.998. The second-order valence-electron chi connectivity index (χ2n) is 7.86. The van der Waals surface area contributed by atoms with E-state index in [1.54, 1.807) is 19.9 Å². The van der Waals surface area contributed by atoms with Gasteiger partial charge in [0.1, 0.15) is 11.4 Å². The number of esters is 1. The van der Waals surface area contributed by atoms with E-state index in [0.29, 0.717) is 4.90 Å². The van der Waals surface area contributed by atoms with Gasteiger partial charge in [-0.3, -0.25) is 0 Å². The Bertz CT molecular complexity index is 1160. The molecule has 0 aliphatic heterocycles. The zero-order chi connectivity index (χ0) is 24.3. The molecule has 0 N–H and O–H groups in total. The lowest BCUT2D eigenvalue weighted by Crippen LogP contribution is -2.22.